The Hall–Kier alpha value is -0.830. The molecule has 0 aliphatic rings. The fraction of sp³-hybridized carbons (Fsp3) is 0.250. The molecular formula is C8H10N2S. The summed E-state index contributed by atoms with van der Waals surface area (Å²) in [5.41, 5.74) is 0.986. The summed E-state index contributed by atoms with van der Waals surface area (Å²) in [7, 11) is 0. The van der Waals surface area contributed by atoms with Crippen molar-refractivity contribution >= 4 is 11.8 Å². The van der Waals surface area contributed by atoms with Crippen LogP contribution in [-0.4, -0.2) is 15.7 Å². The molecule has 0 radical (unpaired) electrons. The maximum atomic E-state index is 4.17. The van der Waals surface area contributed by atoms with Crippen molar-refractivity contribution in [1.82, 2.24) is 9.97 Å². The highest BCUT2D eigenvalue weighted by molar-refractivity contribution is 7.99. The zero-order valence-electron chi connectivity index (χ0n) is 6.45. The molecule has 0 spiro atoms. The van der Waals surface area contributed by atoms with Crippen LogP contribution in [0, 0.1) is 6.92 Å². The van der Waals surface area contributed by atoms with Crippen molar-refractivity contribution < 1.29 is 0 Å². The van der Waals surface area contributed by atoms with Gasteiger partial charge in [0.1, 0.15) is 5.03 Å². The summed E-state index contributed by atoms with van der Waals surface area (Å²) in [5, 5.41) is 0.993. The minimum atomic E-state index is 0.888. The summed E-state index contributed by atoms with van der Waals surface area (Å²) >= 11 is 1.66. The van der Waals surface area contributed by atoms with Gasteiger partial charge in [0.25, 0.3) is 0 Å². The van der Waals surface area contributed by atoms with Crippen molar-refractivity contribution in [1.29, 1.82) is 0 Å². The number of aromatic nitrogens is 2. The van der Waals surface area contributed by atoms with Crippen molar-refractivity contribution in [3.05, 3.63) is 30.7 Å². The van der Waals surface area contributed by atoms with E-state index in [1.807, 2.05) is 13.0 Å². The lowest BCUT2D eigenvalue weighted by atomic mass is 10.5. The average Bonchev–Trinajstić information content (AvgIpc) is 2.03. The number of hydrogen-bond acceptors (Lipinski definition) is 3. The summed E-state index contributed by atoms with van der Waals surface area (Å²) in [6.45, 7) is 5.59. The minimum absolute atomic E-state index is 0.888. The molecule has 0 atom stereocenters. The van der Waals surface area contributed by atoms with Crippen LogP contribution in [0.5, 0.6) is 0 Å². The van der Waals surface area contributed by atoms with Gasteiger partial charge in [-0.2, -0.15) is 0 Å². The van der Waals surface area contributed by atoms with Gasteiger partial charge in [-0.1, -0.05) is 6.08 Å². The Bertz CT molecular complexity index is 248. The van der Waals surface area contributed by atoms with Crippen LogP contribution in [0.25, 0.3) is 0 Å². The van der Waals surface area contributed by atoms with Gasteiger partial charge in [0, 0.05) is 18.1 Å². The highest BCUT2D eigenvalue weighted by Gasteiger charge is 1.97. The lowest BCUT2D eigenvalue weighted by Crippen LogP contribution is -1.88. The molecule has 1 rings (SSSR count). The molecule has 0 aliphatic heterocycles. The third kappa shape index (κ3) is 2.35. The molecule has 3 heteroatoms. The molecule has 11 heavy (non-hydrogen) atoms. The van der Waals surface area contributed by atoms with E-state index in [9.17, 15) is 0 Å². The molecular weight excluding hydrogens is 156 g/mol. The zero-order chi connectivity index (χ0) is 8.10. The Kier molecular flexibility index (Phi) is 3.11. The van der Waals surface area contributed by atoms with E-state index in [1.165, 1.54) is 0 Å². The molecule has 0 unspecified atom stereocenters. The Morgan fingerprint density at radius 3 is 2.91 bits per heavy atom. The normalized spacial score (nSPS) is 9.55. The molecule has 1 aromatic rings. The minimum Gasteiger partial charge on any atom is -0.257 e. The van der Waals surface area contributed by atoms with Crippen molar-refractivity contribution in [2.24, 2.45) is 0 Å². The molecule has 2 nitrogen and oxygen atoms in total. The highest BCUT2D eigenvalue weighted by atomic mass is 32.2. The second-order valence-corrected chi connectivity index (χ2v) is 3.06. The van der Waals surface area contributed by atoms with Gasteiger partial charge in [0.05, 0.1) is 5.69 Å². The summed E-state index contributed by atoms with van der Waals surface area (Å²) in [4.78, 5) is 8.28. The van der Waals surface area contributed by atoms with Crippen LogP contribution in [0.15, 0.2) is 30.1 Å². The van der Waals surface area contributed by atoms with Crippen LogP contribution < -0.4 is 0 Å². The lowest BCUT2D eigenvalue weighted by Gasteiger charge is -1.98. The van der Waals surface area contributed by atoms with E-state index in [0.717, 1.165) is 16.5 Å². The second-order valence-electron chi connectivity index (χ2n) is 2.05. The van der Waals surface area contributed by atoms with Crippen LogP contribution in [0.3, 0.4) is 0 Å². The smallest absolute Gasteiger partial charge is 0.118 e. The Labute approximate surface area is 70.8 Å². The number of thioether (sulfide) groups is 1. The average molecular weight is 166 g/mol. The van der Waals surface area contributed by atoms with Crippen LogP contribution in [0.2, 0.25) is 0 Å². The maximum absolute atomic E-state index is 4.17. The number of hydrogen-bond donors (Lipinski definition) is 0. The highest BCUT2D eigenvalue weighted by Crippen LogP contribution is 2.16. The molecule has 0 N–H and O–H groups in total. The van der Waals surface area contributed by atoms with E-state index >= 15 is 0 Å². The van der Waals surface area contributed by atoms with Gasteiger partial charge in [0.15, 0.2) is 0 Å². The van der Waals surface area contributed by atoms with Gasteiger partial charge in [-0.15, -0.1) is 18.3 Å². The molecule has 1 heterocycles. The zero-order valence-corrected chi connectivity index (χ0v) is 7.27. The van der Waals surface area contributed by atoms with E-state index in [1.54, 1.807) is 24.2 Å². The van der Waals surface area contributed by atoms with E-state index in [-0.39, 0.29) is 0 Å². The van der Waals surface area contributed by atoms with Crippen molar-refractivity contribution in [3.8, 4) is 0 Å². The van der Waals surface area contributed by atoms with Crippen molar-refractivity contribution in [3.63, 3.8) is 0 Å². The first-order valence-electron chi connectivity index (χ1n) is 3.36. The van der Waals surface area contributed by atoms with Gasteiger partial charge in [-0.05, 0) is 6.92 Å². The topological polar surface area (TPSA) is 25.8 Å². The van der Waals surface area contributed by atoms with E-state index in [0.29, 0.717) is 0 Å². The molecule has 0 saturated heterocycles. The van der Waals surface area contributed by atoms with Gasteiger partial charge >= 0.3 is 0 Å². The van der Waals surface area contributed by atoms with Crippen LogP contribution in [0.4, 0.5) is 0 Å². The van der Waals surface area contributed by atoms with Crippen molar-refractivity contribution in [2.75, 3.05) is 5.75 Å². The summed E-state index contributed by atoms with van der Waals surface area (Å²) in [5.74, 6) is 0.888. The Balaban J connectivity index is 2.69. The first kappa shape index (κ1) is 8.27. The second kappa shape index (κ2) is 4.13. The third-order valence-electron chi connectivity index (χ3n) is 1.17. The molecule has 0 fully saturated rings. The first-order valence-corrected chi connectivity index (χ1v) is 4.34. The van der Waals surface area contributed by atoms with E-state index < -0.39 is 0 Å². The molecule has 0 aromatic carbocycles. The molecule has 0 saturated carbocycles. The Morgan fingerprint density at radius 2 is 2.27 bits per heavy atom. The maximum Gasteiger partial charge on any atom is 0.118 e. The summed E-state index contributed by atoms with van der Waals surface area (Å²) in [6.07, 6.45) is 5.27. The van der Waals surface area contributed by atoms with Crippen LogP contribution in [0.1, 0.15) is 5.69 Å². The number of nitrogens with zero attached hydrogens (tertiary/aromatic N) is 2. The van der Waals surface area contributed by atoms with Crippen LogP contribution in [-0.2, 0) is 0 Å². The summed E-state index contributed by atoms with van der Waals surface area (Å²) < 4.78 is 0. The fourth-order valence-electron chi connectivity index (χ4n) is 0.674. The van der Waals surface area contributed by atoms with Gasteiger partial charge in [-0.25, -0.2) is 4.98 Å². The quantitative estimate of drug-likeness (QED) is 0.508. The molecule has 58 valence electrons. The van der Waals surface area contributed by atoms with Crippen molar-refractivity contribution in [2.45, 2.75) is 11.9 Å². The SMILES string of the molecule is C=CCSc1nccnc1C. The first-order chi connectivity index (χ1) is 5.34. The summed E-state index contributed by atoms with van der Waals surface area (Å²) in [6, 6.07) is 0. The van der Waals surface area contributed by atoms with E-state index in [4.69, 9.17) is 0 Å². The van der Waals surface area contributed by atoms with Crippen LogP contribution >= 0.6 is 11.8 Å². The fourth-order valence-corrected chi connectivity index (χ4v) is 1.35. The van der Waals surface area contributed by atoms with E-state index in [2.05, 4.69) is 16.5 Å². The molecule has 0 aliphatic carbocycles. The largest absolute Gasteiger partial charge is 0.257 e. The number of rotatable bonds is 3. The monoisotopic (exact) mass is 166 g/mol. The predicted octanol–water partition coefficient (Wildman–Crippen LogP) is 2.06. The molecule has 0 bridgehead atoms. The standard InChI is InChI=1S/C8H10N2S/c1-3-6-11-8-7(2)9-4-5-10-8/h3-5H,1,6H2,2H3. The number of aryl methyl sites for hydroxylation is 1. The van der Waals surface area contributed by atoms with Gasteiger partial charge in [-0.3, -0.25) is 4.98 Å². The van der Waals surface area contributed by atoms with Gasteiger partial charge < -0.3 is 0 Å². The third-order valence-corrected chi connectivity index (χ3v) is 2.25. The predicted molar refractivity (Wildman–Crippen MR) is 47.7 cm³/mol. The van der Waals surface area contributed by atoms with Gasteiger partial charge in [0.2, 0.25) is 0 Å². The lowest BCUT2D eigenvalue weighted by molar-refractivity contribution is 0.987. The molecule has 0 amide bonds. The molecule has 1 aromatic heterocycles. The Morgan fingerprint density at radius 1 is 1.55 bits per heavy atom.